The maximum absolute atomic E-state index is 12.0. The zero-order valence-electron chi connectivity index (χ0n) is 13.1. The quantitative estimate of drug-likeness (QED) is 0.815. The highest BCUT2D eigenvalue weighted by molar-refractivity contribution is 5.92. The van der Waals surface area contributed by atoms with Crippen LogP contribution in [0.1, 0.15) is 49.2 Å². The van der Waals surface area contributed by atoms with Crippen LogP contribution in [0.25, 0.3) is 5.65 Å². The van der Waals surface area contributed by atoms with Crippen LogP contribution in [0.3, 0.4) is 0 Å². The van der Waals surface area contributed by atoms with Gasteiger partial charge in [0.2, 0.25) is 0 Å². The molecule has 116 valence electrons. The third kappa shape index (κ3) is 1.84. The lowest BCUT2D eigenvalue weighted by atomic mass is 9.43. The maximum Gasteiger partial charge on any atom is 0.343 e. The molecule has 0 aliphatic heterocycles. The fourth-order valence-corrected chi connectivity index (χ4v) is 3.68. The monoisotopic (exact) mass is 300 g/mol. The van der Waals surface area contributed by atoms with E-state index < -0.39 is 5.97 Å². The molecule has 3 saturated carbocycles. The number of hydrogen-bond acceptors (Lipinski definition) is 4. The zero-order valence-corrected chi connectivity index (χ0v) is 13.1. The van der Waals surface area contributed by atoms with Crippen molar-refractivity contribution in [3.8, 4) is 5.75 Å². The Morgan fingerprint density at radius 3 is 2.64 bits per heavy atom. The normalized spacial score (nSPS) is 25.7. The fourth-order valence-electron chi connectivity index (χ4n) is 3.68. The van der Waals surface area contributed by atoms with Gasteiger partial charge in [-0.3, -0.25) is 0 Å². The molecule has 5 rings (SSSR count). The summed E-state index contributed by atoms with van der Waals surface area (Å²) in [4.78, 5) is 16.8. The van der Waals surface area contributed by atoms with Gasteiger partial charge in [0.25, 0.3) is 0 Å². The van der Waals surface area contributed by atoms with Crippen molar-refractivity contribution < 1.29 is 14.3 Å². The first kappa shape index (κ1) is 13.6. The fraction of sp³-hybridized carbons (Fsp3) is 0.529. The molecule has 22 heavy (non-hydrogen) atoms. The second kappa shape index (κ2) is 4.48. The van der Waals surface area contributed by atoms with E-state index in [9.17, 15) is 4.79 Å². The number of hydrogen-bond donors (Lipinski definition) is 0. The van der Waals surface area contributed by atoms with Crippen molar-refractivity contribution in [2.45, 2.75) is 44.6 Å². The molecule has 0 aromatic carbocycles. The topological polar surface area (TPSA) is 52.8 Å². The highest BCUT2D eigenvalue weighted by Gasteiger charge is 2.58. The summed E-state index contributed by atoms with van der Waals surface area (Å²) < 4.78 is 12.5. The zero-order chi connectivity index (χ0) is 15.5. The summed E-state index contributed by atoms with van der Waals surface area (Å²) in [6, 6.07) is 1.83. The van der Waals surface area contributed by atoms with E-state index in [-0.39, 0.29) is 6.10 Å². The predicted octanol–water partition coefficient (Wildman–Crippen LogP) is 2.96. The Hall–Kier alpha value is -2.04. The highest BCUT2D eigenvalue weighted by atomic mass is 16.5. The standard InChI is InChI=1S/C17H20N2O3/c1-10(2)22-13-4-15-18-14(17-5-11(6-17)7-17)9-19(15)8-12(13)16(20)21-3/h4,8-11H,5-7H2,1-3H3. The number of fused-ring (bicyclic) bond motifs is 1. The molecule has 3 aliphatic rings. The van der Waals surface area contributed by atoms with Gasteiger partial charge in [0.15, 0.2) is 0 Å². The molecule has 0 N–H and O–H groups in total. The number of aromatic nitrogens is 2. The average Bonchev–Trinajstić information content (AvgIpc) is 2.74. The summed E-state index contributed by atoms with van der Waals surface area (Å²) in [5.74, 6) is 1.05. The lowest BCUT2D eigenvalue weighted by molar-refractivity contribution is -0.0304. The van der Waals surface area contributed by atoms with Crippen LogP contribution in [-0.4, -0.2) is 28.6 Å². The van der Waals surface area contributed by atoms with Crippen LogP contribution in [0.2, 0.25) is 0 Å². The SMILES string of the molecule is COC(=O)c1cn2cc(C34CC(C3)C4)nc2cc1OC(C)C. The van der Waals surface area contributed by atoms with Crippen molar-refractivity contribution >= 4 is 11.6 Å². The minimum Gasteiger partial charge on any atom is -0.490 e. The maximum atomic E-state index is 12.0. The third-order valence-corrected chi connectivity index (χ3v) is 4.90. The Morgan fingerprint density at radius 1 is 1.36 bits per heavy atom. The number of pyridine rings is 1. The summed E-state index contributed by atoms with van der Waals surface area (Å²) in [6.45, 7) is 3.87. The molecule has 0 atom stereocenters. The van der Waals surface area contributed by atoms with Crippen molar-refractivity contribution in [2.24, 2.45) is 5.92 Å². The van der Waals surface area contributed by atoms with E-state index in [0.717, 1.165) is 17.3 Å². The van der Waals surface area contributed by atoms with Gasteiger partial charge in [-0.15, -0.1) is 0 Å². The molecule has 0 amide bonds. The summed E-state index contributed by atoms with van der Waals surface area (Å²) in [5, 5.41) is 0. The van der Waals surface area contributed by atoms with E-state index in [4.69, 9.17) is 14.5 Å². The van der Waals surface area contributed by atoms with E-state index in [1.54, 1.807) is 6.20 Å². The molecule has 0 radical (unpaired) electrons. The molecule has 0 spiro atoms. The van der Waals surface area contributed by atoms with Gasteiger partial charge in [-0.2, -0.15) is 0 Å². The van der Waals surface area contributed by atoms with Gasteiger partial charge in [0, 0.05) is 23.9 Å². The van der Waals surface area contributed by atoms with Crippen molar-refractivity contribution in [3.63, 3.8) is 0 Å². The molecule has 2 aromatic heterocycles. The van der Waals surface area contributed by atoms with Gasteiger partial charge >= 0.3 is 5.97 Å². The van der Waals surface area contributed by atoms with Crippen LogP contribution in [0.4, 0.5) is 0 Å². The first-order valence-corrected chi connectivity index (χ1v) is 7.79. The van der Waals surface area contributed by atoms with Gasteiger partial charge in [0.05, 0.1) is 18.9 Å². The number of rotatable bonds is 4. The number of imidazole rings is 1. The molecule has 2 bridgehead atoms. The molecule has 2 aromatic rings. The van der Waals surface area contributed by atoms with Crippen LogP contribution in [0.15, 0.2) is 18.5 Å². The number of methoxy groups -OCH3 is 1. The molecular weight excluding hydrogens is 280 g/mol. The van der Waals surface area contributed by atoms with Crippen LogP contribution in [0, 0.1) is 5.92 Å². The van der Waals surface area contributed by atoms with E-state index >= 15 is 0 Å². The van der Waals surface area contributed by atoms with E-state index in [0.29, 0.717) is 16.7 Å². The Kier molecular flexibility index (Phi) is 2.77. The predicted molar refractivity (Wildman–Crippen MR) is 81.3 cm³/mol. The molecule has 0 saturated heterocycles. The lowest BCUT2D eigenvalue weighted by Crippen LogP contribution is -2.55. The van der Waals surface area contributed by atoms with Crippen LogP contribution in [-0.2, 0) is 10.2 Å². The number of nitrogens with zero attached hydrogens (tertiary/aromatic N) is 2. The van der Waals surface area contributed by atoms with E-state index in [2.05, 4.69) is 6.20 Å². The van der Waals surface area contributed by atoms with Gasteiger partial charge < -0.3 is 13.9 Å². The number of esters is 1. The summed E-state index contributed by atoms with van der Waals surface area (Å²) in [5.41, 5.74) is 2.71. The van der Waals surface area contributed by atoms with Crippen molar-refractivity contribution in [3.05, 3.63) is 29.7 Å². The molecular formula is C17H20N2O3. The minimum atomic E-state index is -0.390. The highest BCUT2D eigenvalue weighted by Crippen LogP contribution is 2.64. The third-order valence-electron chi connectivity index (χ3n) is 4.90. The van der Waals surface area contributed by atoms with E-state index in [1.165, 1.54) is 26.4 Å². The first-order valence-electron chi connectivity index (χ1n) is 7.79. The number of carbonyl (C=O) groups excluding carboxylic acids is 1. The van der Waals surface area contributed by atoms with Gasteiger partial charge in [-0.05, 0) is 39.0 Å². The summed E-state index contributed by atoms with van der Waals surface area (Å²) in [7, 11) is 1.38. The molecule has 0 unspecified atom stereocenters. The lowest BCUT2D eigenvalue weighted by Gasteiger charge is -2.61. The van der Waals surface area contributed by atoms with Crippen molar-refractivity contribution in [1.82, 2.24) is 9.38 Å². The second-order valence-electron chi connectivity index (χ2n) is 6.86. The Bertz CT molecular complexity index is 746. The first-order chi connectivity index (χ1) is 10.5. The largest absolute Gasteiger partial charge is 0.490 e. The summed E-state index contributed by atoms with van der Waals surface area (Å²) >= 11 is 0. The Morgan fingerprint density at radius 2 is 2.09 bits per heavy atom. The second-order valence-corrected chi connectivity index (χ2v) is 6.86. The summed E-state index contributed by atoms with van der Waals surface area (Å²) in [6.07, 6.45) is 7.58. The minimum absolute atomic E-state index is 0.0158. The van der Waals surface area contributed by atoms with Crippen LogP contribution in [0.5, 0.6) is 5.75 Å². The smallest absolute Gasteiger partial charge is 0.343 e. The van der Waals surface area contributed by atoms with E-state index in [1.807, 2.05) is 24.3 Å². The van der Waals surface area contributed by atoms with Crippen LogP contribution >= 0.6 is 0 Å². The van der Waals surface area contributed by atoms with Crippen molar-refractivity contribution in [2.75, 3.05) is 7.11 Å². The molecule has 3 aliphatic carbocycles. The van der Waals surface area contributed by atoms with Crippen LogP contribution < -0.4 is 4.74 Å². The molecule has 5 nitrogen and oxygen atoms in total. The number of ether oxygens (including phenoxy) is 2. The average molecular weight is 300 g/mol. The molecule has 2 heterocycles. The molecule has 5 heteroatoms. The molecule has 3 fully saturated rings. The van der Waals surface area contributed by atoms with Gasteiger partial charge in [-0.1, -0.05) is 0 Å². The van der Waals surface area contributed by atoms with Gasteiger partial charge in [-0.25, -0.2) is 9.78 Å². The number of carbonyl (C=O) groups is 1. The van der Waals surface area contributed by atoms with Crippen molar-refractivity contribution in [1.29, 1.82) is 0 Å². The Labute approximate surface area is 129 Å². The Balaban J connectivity index is 1.80. The van der Waals surface area contributed by atoms with Gasteiger partial charge in [0.1, 0.15) is 17.0 Å².